The number of amides is 1. The average molecular weight is 309 g/mol. The highest BCUT2D eigenvalue weighted by Crippen LogP contribution is 2.16. The van der Waals surface area contributed by atoms with Crippen LogP contribution in [0.15, 0.2) is 60.7 Å². The van der Waals surface area contributed by atoms with Crippen molar-refractivity contribution in [3.63, 3.8) is 0 Å². The number of carbonyl (C=O) groups excluding carboxylic acids is 1. The molecule has 1 amide bonds. The Balaban J connectivity index is 1.87. The van der Waals surface area contributed by atoms with Gasteiger partial charge in [0.25, 0.3) is 0 Å². The third-order valence-electron chi connectivity index (χ3n) is 3.33. The summed E-state index contributed by atoms with van der Waals surface area (Å²) < 4.78 is 5.19. The van der Waals surface area contributed by atoms with Crippen molar-refractivity contribution in [3.05, 3.63) is 60.7 Å². The number of nitrogens with zero attached hydrogens (tertiary/aromatic N) is 2. The van der Waals surface area contributed by atoms with Crippen LogP contribution in [0.25, 0.3) is 0 Å². The monoisotopic (exact) mass is 309 g/mol. The number of rotatable bonds is 6. The maximum atomic E-state index is 11.8. The van der Waals surface area contributed by atoms with Gasteiger partial charge in [-0.2, -0.15) is 5.26 Å². The average Bonchev–Trinajstić information content (AvgIpc) is 2.60. The summed E-state index contributed by atoms with van der Waals surface area (Å²) in [6.07, 6.45) is -0.506. The quantitative estimate of drug-likeness (QED) is 0.884. The van der Waals surface area contributed by atoms with Crippen LogP contribution in [0.4, 0.5) is 16.2 Å². The maximum Gasteiger partial charge on any atom is 0.411 e. The van der Waals surface area contributed by atoms with E-state index in [1.54, 1.807) is 12.1 Å². The number of hydrogen-bond acceptors (Lipinski definition) is 4. The fourth-order valence-electron chi connectivity index (χ4n) is 2.15. The van der Waals surface area contributed by atoms with Crippen molar-refractivity contribution in [2.24, 2.45) is 0 Å². The van der Waals surface area contributed by atoms with E-state index in [2.05, 4.69) is 11.4 Å². The predicted octanol–water partition coefficient (Wildman–Crippen LogP) is 3.65. The van der Waals surface area contributed by atoms with E-state index in [0.717, 1.165) is 5.69 Å². The van der Waals surface area contributed by atoms with Crippen LogP contribution in [0, 0.1) is 11.3 Å². The molecular formula is C18H19N3O2. The van der Waals surface area contributed by atoms with Crippen molar-refractivity contribution in [1.82, 2.24) is 0 Å². The lowest BCUT2D eigenvalue weighted by molar-refractivity contribution is 0.164. The van der Waals surface area contributed by atoms with Gasteiger partial charge in [0.15, 0.2) is 0 Å². The zero-order valence-corrected chi connectivity index (χ0v) is 13.0. The third-order valence-corrected chi connectivity index (χ3v) is 3.33. The maximum absolute atomic E-state index is 11.8. The van der Waals surface area contributed by atoms with Gasteiger partial charge in [-0.3, -0.25) is 5.32 Å². The number of benzene rings is 2. The number of nitrogens with one attached hydrogen (secondary N) is 1. The summed E-state index contributed by atoms with van der Waals surface area (Å²) in [6, 6.07) is 20.6. The van der Waals surface area contributed by atoms with Crippen LogP contribution in [0.2, 0.25) is 0 Å². The first kappa shape index (κ1) is 16.4. The first-order valence-corrected chi connectivity index (χ1v) is 7.41. The summed E-state index contributed by atoms with van der Waals surface area (Å²) in [5.41, 5.74) is 1.61. The molecule has 0 aliphatic carbocycles. The van der Waals surface area contributed by atoms with Crippen molar-refractivity contribution in [1.29, 1.82) is 5.26 Å². The first-order valence-electron chi connectivity index (χ1n) is 7.41. The molecule has 0 saturated heterocycles. The highest BCUT2D eigenvalue weighted by molar-refractivity contribution is 5.84. The molecule has 5 nitrogen and oxygen atoms in total. The molecule has 23 heavy (non-hydrogen) atoms. The zero-order chi connectivity index (χ0) is 16.5. The Morgan fingerprint density at radius 1 is 1.17 bits per heavy atom. The lowest BCUT2D eigenvalue weighted by Crippen LogP contribution is -2.35. The molecule has 5 heteroatoms. The largest absolute Gasteiger partial charge is 0.447 e. The molecule has 2 aromatic carbocycles. The summed E-state index contributed by atoms with van der Waals surface area (Å²) in [4.78, 5) is 13.7. The van der Waals surface area contributed by atoms with E-state index < -0.39 is 6.09 Å². The van der Waals surface area contributed by atoms with Crippen molar-refractivity contribution in [2.75, 3.05) is 23.4 Å². The molecule has 1 N–H and O–H groups in total. The Bertz CT molecular complexity index is 653. The highest BCUT2D eigenvalue weighted by Gasteiger charge is 2.14. The number of carbonyl (C=O) groups is 1. The fourth-order valence-corrected chi connectivity index (χ4v) is 2.15. The van der Waals surface area contributed by atoms with E-state index in [4.69, 9.17) is 10.00 Å². The topological polar surface area (TPSA) is 65.4 Å². The van der Waals surface area contributed by atoms with E-state index in [1.165, 1.54) is 0 Å². The molecule has 0 fully saturated rings. The standard InChI is InChI=1S/C18H19N3O2/c1-15(14-19)21(17-10-6-3-7-11-17)12-13-23-18(22)20-16-8-4-2-5-9-16/h2-11,15H,12-13H2,1H3,(H,20,22). The predicted molar refractivity (Wildman–Crippen MR) is 90.3 cm³/mol. The van der Waals surface area contributed by atoms with E-state index >= 15 is 0 Å². The Hall–Kier alpha value is -3.00. The molecule has 0 bridgehead atoms. The van der Waals surface area contributed by atoms with Gasteiger partial charge in [0.1, 0.15) is 12.6 Å². The van der Waals surface area contributed by atoms with Crippen LogP contribution >= 0.6 is 0 Å². The highest BCUT2D eigenvalue weighted by atomic mass is 16.5. The van der Waals surface area contributed by atoms with Gasteiger partial charge in [0.2, 0.25) is 0 Å². The van der Waals surface area contributed by atoms with Gasteiger partial charge in [-0.05, 0) is 31.2 Å². The van der Waals surface area contributed by atoms with Gasteiger partial charge in [0.05, 0.1) is 12.6 Å². The van der Waals surface area contributed by atoms with Crippen LogP contribution in [-0.2, 0) is 4.74 Å². The lowest BCUT2D eigenvalue weighted by Gasteiger charge is -2.26. The molecule has 0 saturated carbocycles. The molecule has 118 valence electrons. The summed E-state index contributed by atoms with van der Waals surface area (Å²) in [7, 11) is 0. The van der Waals surface area contributed by atoms with E-state index in [9.17, 15) is 4.79 Å². The zero-order valence-electron chi connectivity index (χ0n) is 13.0. The lowest BCUT2D eigenvalue weighted by atomic mass is 10.2. The minimum absolute atomic E-state index is 0.194. The summed E-state index contributed by atoms with van der Waals surface area (Å²) in [5.74, 6) is 0. The van der Waals surface area contributed by atoms with Crippen molar-refractivity contribution in [3.8, 4) is 6.07 Å². The molecule has 0 spiro atoms. The normalized spacial score (nSPS) is 11.1. The number of hydrogen-bond donors (Lipinski definition) is 1. The van der Waals surface area contributed by atoms with Gasteiger partial charge >= 0.3 is 6.09 Å². The van der Waals surface area contributed by atoms with Crippen molar-refractivity contribution >= 4 is 17.5 Å². The second kappa shape index (κ2) is 8.44. The third kappa shape index (κ3) is 5.04. The Labute approximate surface area is 136 Å². The van der Waals surface area contributed by atoms with Gasteiger partial charge in [0, 0.05) is 11.4 Å². The number of anilines is 2. The van der Waals surface area contributed by atoms with E-state index in [1.807, 2.05) is 60.4 Å². The Kier molecular flexibility index (Phi) is 6.01. The van der Waals surface area contributed by atoms with Crippen LogP contribution in [0.3, 0.4) is 0 Å². The molecule has 0 aliphatic rings. The summed E-state index contributed by atoms with van der Waals surface area (Å²) in [6.45, 7) is 2.46. The molecule has 0 aromatic heterocycles. The summed E-state index contributed by atoms with van der Waals surface area (Å²) >= 11 is 0. The van der Waals surface area contributed by atoms with Gasteiger partial charge in [-0.1, -0.05) is 36.4 Å². The minimum atomic E-state index is -0.506. The molecular weight excluding hydrogens is 290 g/mol. The fraction of sp³-hybridized carbons (Fsp3) is 0.222. The first-order chi connectivity index (χ1) is 11.2. The number of ether oxygens (including phenoxy) is 1. The molecule has 1 unspecified atom stereocenters. The van der Waals surface area contributed by atoms with Crippen LogP contribution in [0.5, 0.6) is 0 Å². The molecule has 1 atom stereocenters. The van der Waals surface area contributed by atoms with Crippen LogP contribution in [0.1, 0.15) is 6.92 Å². The van der Waals surface area contributed by atoms with Gasteiger partial charge in [-0.25, -0.2) is 4.79 Å². The van der Waals surface area contributed by atoms with E-state index in [0.29, 0.717) is 12.2 Å². The number of nitriles is 1. The smallest absolute Gasteiger partial charge is 0.411 e. The SMILES string of the molecule is CC(C#N)N(CCOC(=O)Nc1ccccc1)c1ccccc1. The number of para-hydroxylation sites is 2. The Morgan fingerprint density at radius 2 is 1.78 bits per heavy atom. The molecule has 0 heterocycles. The minimum Gasteiger partial charge on any atom is -0.447 e. The van der Waals surface area contributed by atoms with Crippen molar-refractivity contribution < 1.29 is 9.53 Å². The second-order valence-corrected chi connectivity index (χ2v) is 4.96. The Morgan fingerprint density at radius 3 is 2.39 bits per heavy atom. The summed E-state index contributed by atoms with van der Waals surface area (Å²) in [5, 5.41) is 11.8. The molecule has 0 radical (unpaired) electrons. The molecule has 0 aliphatic heterocycles. The van der Waals surface area contributed by atoms with Crippen molar-refractivity contribution in [2.45, 2.75) is 13.0 Å². The van der Waals surface area contributed by atoms with Crippen LogP contribution < -0.4 is 10.2 Å². The second-order valence-electron chi connectivity index (χ2n) is 4.96. The van der Waals surface area contributed by atoms with Gasteiger partial charge < -0.3 is 9.64 Å². The molecule has 2 rings (SSSR count). The van der Waals surface area contributed by atoms with E-state index in [-0.39, 0.29) is 12.6 Å². The molecule has 2 aromatic rings. The van der Waals surface area contributed by atoms with Gasteiger partial charge in [-0.15, -0.1) is 0 Å². The van der Waals surface area contributed by atoms with Crippen LogP contribution in [-0.4, -0.2) is 25.3 Å².